The molecule has 1 fully saturated rings. The fraction of sp³-hybridized carbons (Fsp3) is 0.350. The second kappa shape index (κ2) is 6.75. The zero-order chi connectivity index (χ0) is 17.2. The van der Waals surface area contributed by atoms with Gasteiger partial charge >= 0.3 is 0 Å². The third kappa shape index (κ3) is 3.07. The summed E-state index contributed by atoms with van der Waals surface area (Å²) in [6, 6.07) is 19.8. The topological polar surface area (TPSA) is 72.4 Å². The van der Waals surface area contributed by atoms with Gasteiger partial charge in [0.25, 0.3) is 0 Å². The van der Waals surface area contributed by atoms with Gasteiger partial charge in [0, 0.05) is 19.0 Å². The van der Waals surface area contributed by atoms with Gasteiger partial charge in [-0.2, -0.15) is 0 Å². The Bertz CT molecular complexity index is 685. The maximum absolute atomic E-state index is 13.1. The van der Waals surface area contributed by atoms with Crippen LogP contribution >= 0.6 is 0 Å². The van der Waals surface area contributed by atoms with E-state index in [0.29, 0.717) is 19.6 Å². The maximum Gasteiger partial charge on any atom is 0.247 e. The molecule has 1 saturated heterocycles. The highest BCUT2D eigenvalue weighted by Gasteiger charge is 2.41. The van der Waals surface area contributed by atoms with Gasteiger partial charge in [0.2, 0.25) is 5.91 Å². The van der Waals surface area contributed by atoms with Crippen LogP contribution in [0.2, 0.25) is 0 Å². The summed E-state index contributed by atoms with van der Waals surface area (Å²) in [5.41, 5.74) is 13.4. The maximum atomic E-state index is 13.1. The van der Waals surface area contributed by atoms with Crippen LogP contribution in [0.1, 0.15) is 24.0 Å². The number of carbonyl (C=O) groups excluding carboxylic acids is 1. The van der Waals surface area contributed by atoms with Gasteiger partial charge in [0.05, 0.1) is 0 Å². The number of hydrogen-bond acceptors (Lipinski definition) is 3. The number of likely N-dealkylation sites (tertiary alicyclic amines) is 1. The first-order valence-corrected chi connectivity index (χ1v) is 8.43. The summed E-state index contributed by atoms with van der Waals surface area (Å²) in [7, 11) is 0. The van der Waals surface area contributed by atoms with Gasteiger partial charge in [-0.25, -0.2) is 0 Å². The Morgan fingerprint density at radius 3 is 2.25 bits per heavy atom. The Morgan fingerprint density at radius 2 is 1.67 bits per heavy atom. The minimum absolute atomic E-state index is 0.0365. The predicted molar refractivity (Wildman–Crippen MR) is 96.3 cm³/mol. The fourth-order valence-electron chi connectivity index (χ4n) is 3.59. The average molecular weight is 323 g/mol. The van der Waals surface area contributed by atoms with Crippen molar-refractivity contribution in [2.45, 2.75) is 18.4 Å². The van der Waals surface area contributed by atoms with Crippen molar-refractivity contribution in [3.63, 3.8) is 0 Å². The van der Waals surface area contributed by atoms with Crippen LogP contribution in [0.25, 0.3) is 0 Å². The van der Waals surface area contributed by atoms with Crippen LogP contribution in [0.15, 0.2) is 60.7 Å². The van der Waals surface area contributed by atoms with Crippen molar-refractivity contribution in [3.8, 4) is 0 Å². The molecule has 1 heterocycles. The number of nitrogens with two attached hydrogens (primary N) is 2. The Hall–Kier alpha value is -2.17. The van der Waals surface area contributed by atoms with Crippen molar-refractivity contribution < 1.29 is 4.79 Å². The molecule has 4 N–H and O–H groups in total. The molecule has 1 amide bonds. The molecule has 0 spiro atoms. The molecule has 4 nitrogen and oxygen atoms in total. The lowest BCUT2D eigenvalue weighted by atomic mass is 9.89. The minimum atomic E-state index is -1.02. The van der Waals surface area contributed by atoms with Gasteiger partial charge in [-0.05, 0) is 30.5 Å². The van der Waals surface area contributed by atoms with Crippen molar-refractivity contribution in [1.82, 2.24) is 4.90 Å². The van der Waals surface area contributed by atoms with E-state index in [4.69, 9.17) is 11.5 Å². The third-order valence-electron chi connectivity index (χ3n) is 5.08. The molecule has 0 bridgehead atoms. The standard InChI is InChI=1S/C20H25N3O/c1-20(22,17-10-6-3-7-11-17)19(24)23-13-16(12-21)18(14-23)15-8-4-2-5-9-15/h2-11,16,18H,12-14,21-22H2,1H3/t16-,18+,20?/m1/s1. The molecule has 2 aromatic rings. The molecule has 1 aliphatic heterocycles. The van der Waals surface area contributed by atoms with E-state index in [2.05, 4.69) is 12.1 Å². The zero-order valence-corrected chi connectivity index (χ0v) is 14.1. The first-order valence-electron chi connectivity index (χ1n) is 8.43. The highest BCUT2D eigenvalue weighted by Crippen LogP contribution is 2.34. The van der Waals surface area contributed by atoms with Crippen LogP contribution in [0, 0.1) is 5.92 Å². The van der Waals surface area contributed by atoms with Crippen molar-refractivity contribution in [3.05, 3.63) is 71.8 Å². The molecule has 1 unspecified atom stereocenters. The number of rotatable bonds is 4. The monoisotopic (exact) mass is 323 g/mol. The van der Waals surface area contributed by atoms with Crippen molar-refractivity contribution >= 4 is 5.91 Å². The largest absolute Gasteiger partial charge is 0.340 e. The summed E-state index contributed by atoms with van der Waals surface area (Å²) in [5, 5.41) is 0. The number of benzene rings is 2. The number of amides is 1. The molecular weight excluding hydrogens is 298 g/mol. The highest BCUT2D eigenvalue weighted by molar-refractivity contribution is 5.87. The molecule has 3 rings (SSSR count). The van der Waals surface area contributed by atoms with E-state index in [-0.39, 0.29) is 17.7 Å². The molecule has 1 aliphatic rings. The Balaban J connectivity index is 1.82. The van der Waals surface area contributed by atoms with Crippen LogP contribution in [0.3, 0.4) is 0 Å². The van der Waals surface area contributed by atoms with Crippen molar-refractivity contribution in [2.24, 2.45) is 17.4 Å². The summed E-state index contributed by atoms with van der Waals surface area (Å²) in [6.45, 7) is 3.69. The quantitative estimate of drug-likeness (QED) is 0.904. The SMILES string of the molecule is CC(N)(C(=O)N1C[C@@H](CN)[C@H](c2ccccc2)C1)c1ccccc1. The van der Waals surface area contributed by atoms with Gasteiger partial charge in [-0.1, -0.05) is 60.7 Å². The number of nitrogens with zero attached hydrogens (tertiary/aromatic N) is 1. The van der Waals surface area contributed by atoms with Gasteiger partial charge in [0.1, 0.15) is 5.54 Å². The van der Waals surface area contributed by atoms with E-state index >= 15 is 0 Å². The van der Waals surface area contributed by atoms with Gasteiger partial charge in [0.15, 0.2) is 0 Å². The molecule has 2 aromatic carbocycles. The second-order valence-electron chi connectivity index (χ2n) is 6.79. The lowest BCUT2D eigenvalue weighted by Gasteiger charge is -2.29. The number of carbonyl (C=O) groups is 1. The van der Waals surface area contributed by atoms with Crippen LogP contribution in [0.4, 0.5) is 0 Å². The van der Waals surface area contributed by atoms with E-state index < -0.39 is 5.54 Å². The van der Waals surface area contributed by atoms with Crippen LogP contribution in [-0.4, -0.2) is 30.4 Å². The Morgan fingerprint density at radius 1 is 1.08 bits per heavy atom. The highest BCUT2D eigenvalue weighted by atomic mass is 16.2. The van der Waals surface area contributed by atoms with Crippen LogP contribution < -0.4 is 11.5 Å². The minimum Gasteiger partial charge on any atom is -0.340 e. The lowest BCUT2D eigenvalue weighted by molar-refractivity contribution is -0.135. The first kappa shape index (κ1) is 16.7. The average Bonchev–Trinajstić information content (AvgIpc) is 3.06. The molecule has 0 radical (unpaired) electrons. The van der Waals surface area contributed by atoms with Gasteiger partial charge < -0.3 is 16.4 Å². The molecular formula is C20H25N3O. The van der Waals surface area contributed by atoms with E-state index in [9.17, 15) is 4.79 Å². The third-order valence-corrected chi connectivity index (χ3v) is 5.08. The molecule has 4 heteroatoms. The summed E-state index contributed by atoms with van der Waals surface area (Å²) in [6.07, 6.45) is 0. The van der Waals surface area contributed by atoms with Crippen LogP contribution in [0.5, 0.6) is 0 Å². The zero-order valence-electron chi connectivity index (χ0n) is 14.1. The van der Waals surface area contributed by atoms with Gasteiger partial charge in [-0.3, -0.25) is 4.79 Å². The predicted octanol–water partition coefficient (Wildman–Crippen LogP) is 2.06. The summed E-state index contributed by atoms with van der Waals surface area (Å²) < 4.78 is 0. The molecule has 126 valence electrons. The summed E-state index contributed by atoms with van der Waals surface area (Å²) in [5.74, 6) is 0.500. The summed E-state index contributed by atoms with van der Waals surface area (Å²) in [4.78, 5) is 14.9. The second-order valence-corrected chi connectivity index (χ2v) is 6.79. The fourth-order valence-corrected chi connectivity index (χ4v) is 3.59. The van der Waals surface area contributed by atoms with E-state index in [1.807, 2.05) is 53.4 Å². The van der Waals surface area contributed by atoms with E-state index in [1.54, 1.807) is 6.92 Å². The number of hydrogen-bond donors (Lipinski definition) is 2. The molecule has 0 aliphatic carbocycles. The van der Waals surface area contributed by atoms with Crippen molar-refractivity contribution in [1.29, 1.82) is 0 Å². The van der Waals surface area contributed by atoms with E-state index in [0.717, 1.165) is 5.56 Å². The van der Waals surface area contributed by atoms with Crippen LogP contribution in [-0.2, 0) is 10.3 Å². The molecule has 24 heavy (non-hydrogen) atoms. The Labute approximate surface area is 143 Å². The summed E-state index contributed by atoms with van der Waals surface area (Å²) >= 11 is 0. The molecule has 0 aromatic heterocycles. The van der Waals surface area contributed by atoms with Crippen molar-refractivity contribution in [2.75, 3.05) is 19.6 Å². The molecule has 3 atom stereocenters. The first-order chi connectivity index (χ1) is 11.5. The van der Waals surface area contributed by atoms with E-state index in [1.165, 1.54) is 5.56 Å². The normalized spacial score (nSPS) is 23.0. The van der Waals surface area contributed by atoms with Gasteiger partial charge in [-0.15, -0.1) is 0 Å². The lowest BCUT2D eigenvalue weighted by Crippen LogP contribution is -2.50. The smallest absolute Gasteiger partial charge is 0.247 e. The Kier molecular flexibility index (Phi) is 4.69. The molecule has 0 saturated carbocycles.